The third-order valence-electron chi connectivity index (χ3n) is 8.19. The zero-order valence-corrected chi connectivity index (χ0v) is 24.4. The smallest absolute Gasteiger partial charge is 0.251 e. The highest BCUT2D eigenvalue weighted by atomic mass is 35.5. The Balaban J connectivity index is 1.55. The molecule has 2 aliphatic rings. The molecule has 2 amide bonds. The van der Waals surface area contributed by atoms with Crippen molar-refractivity contribution in [3.63, 3.8) is 0 Å². The Labute approximate surface area is 257 Å². The average molecular weight is 624 g/mol. The predicted molar refractivity (Wildman–Crippen MR) is 156 cm³/mol. The molecule has 0 unspecified atom stereocenters. The van der Waals surface area contributed by atoms with E-state index in [4.69, 9.17) is 11.6 Å². The van der Waals surface area contributed by atoms with E-state index in [2.05, 4.69) is 9.97 Å². The maximum absolute atomic E-state index is 14.6. The lowest BCUT2D eigenvalue weighted by atomic mass is 9.82. The summed E-state index contributed by atoms with van der Waals surface area (Å²) in [5.74, 6) is -5.14. The number of rotatable bonds is 9. The van der Waals surface area contributed by atoms with Gasteiger partial charge in [0, 0.05) is 48.2 Å². The van der Waals surface area contributed by atoms with E-state index in [0.29, 0.717) is 12.0 Å². The molecule has 228 valence electrons. The van der Waals surface area contributed by atoms with E-state index in [0.717, 1.165) is 15.9 Å². The van der Waals surface area contributed by atoms with Crippen molar-refractivity contribution < 1.29 is 27.6 Å². The number of carbonyl (C=O) groups excluding carboxylic acids is 3. The Morgan fingerprint density at radius 1 is 1.11 bits per heavy atom. The highest BCUT2D eigenvalue weighted by molar-refractivity contribution is 6.31. The van der Waals surface area contributed by atoms with Crippen molar-refractivity contribution in [2.75, 3.05) is 9.80 Å². The first-order chi connectivity index (χ1) is 21.1. The number of halogens is 4. The molecular formula is C32H29ClF3N5O3. The molecule has 0 spiro atoms. The number of carbonyl (C=O) groups is 3. The molecule has 1 aromatic heterocycles. The molecule has 3 aromatic rings. The van der Waals surface area contributed by atoms with Crippen LogP contribution in [0.3, 0.4) is 0 Å². The fourth-order valence-corrected chi connectivity index (χ4v) is 6.15. The second-order valence-electron chi connectivity index (χ2n) is 11.1. The molecule has 2 aromatic carbocycles. The first kappa shape index (κ1) is 31.1. The van der Waals surface area contributed by atoms with Crippen molar-refractivity contribution >= 4 is 40.8 Å². The summed E-state index contributed by atoms with van der Waals surface area (Å²) in [5.41, 5.74) is 0.356. The third kappa shape index (κ3) is 6.76. The van der Waals surface area contributed by atoms with Crippen LogP contribution in [-0.4, -0.2) is 39.5 Å². The van der Waals surface area contributed by atoms with Gasteiger partial charge in [-0.2, -0.15) is 5.26 Å². The van der Waals surface area contributed by atoms with Gasteiger partial charge >= 0.3 is 0 Å². The average Bonchev–Trinajstić information content (AvgIpc) is 3.40. The minimum Gasteiger partial charge on any atom is -0.297 e. The fraction of sp³-hybridized carbons (Fsp3) is 0.375. The number of alkyl halides is 2. The van der Waals surface area contributed by atoms with E-state index in [1.165, 1.54) is 30.5 Å². The highest BCUT2D eigenvalue weighted by Gasteiger charge is 2.45. The van der Waals surface area contributed by atoms with Crippen LogP contribution in [0, 0.1) is 23.1 Å². The lowest BCUT2D eigenvalue weighted by Crippen LogP contribution is -2.50. The lowest BCUT2D eigenvalue weighted by molar-refractivity contribution is -0.126. The van der Waals surface area contributed by atoms with Crippen LogP contribution in [-0.2, 0) is 14.4 Å². The lowest BCUT2D eigenvalue weighted by Gasteiger charge is -2.36. The summed E-state index contributed by atoms with van der Waals surface area (Å²) in [6.45, 7) is 0. The molecular weight excluding hydrogens is 595 g/mol. The predicted octanol–water partition coefficient (Wildman–Crippen LogP) is 6.59. The Hall–Kier alpha value is -4.30. The van der Waals surface area contributed by atoms with Crippen LogP contribution in [0.15, 0.2) is 60.8 Å². The van der Waals surface area contributed by atoms with Crippen LogP contribution in [0.1, 0.15) is 68.7 Å². The summed E-state index contributed by atoms with van der Waals surface area (Å²) in [4.78, 5) is 52.2. The van der Waals surface area contributed by atoms with E-state index in [1.54, 1.807) is 24.3 Å². The molecule has 8 nitrogen and oxygen atoms in total. The van der Waals surface area contributed by atoms with Gasteiger partial charge in [-0.15, -0.1) is 0 Å². The van der Waals surface area contributed by atoms with Gasteiger partial charge in [0.2, 0.25) is 17.8 Å². The zero-order valence-electron chi connectivity index (χ0n) is 23.6. The zero-order chi connectivity index (χ0) is 31.4. The molecule has 0 bridgehead atoms. The Kier molecular flexibility index (Phi) is 9.30. The molecule has 5 rings (SSSR count). The van der Waals surface area contributed by atoms with Crippen molar-refractivity contribution in [1.29, 1.82) is 5.26 Å². The van der Waals surface area contributed by atoms with Crippen molar-refractivity contribution in [1.82, 2.24) is 9.97 Å². The molecule has 44 heavy (non-hydrogen) atoms. The topological polar surface area (TPSA) is 107 Å². The molecule has 1 saturated heterocycles. The summed E-state index contributed by atoms with van der Waals surface area (Å²) in [6.07, 6.45) is 1.72. The Morgan fingerprint density at radius 2 is 1.86 bits per heavy atom. The number of hydrogen-bond acceptors (Lipinski definition) is 6. The number of benzene rings is 2. The van der Waals surface area contributed by atoms with Crippen molar-refractivity contribution in [2.45, 2.75) is 69.4 Å². The van der Waals surface area contributed by atoms with E-state index in [-0.39, 0.29) is 73.2 Å². The molecule has 2 fully saturated rings. The second-order valence-corrected chi connectivity index (χ2v) is 11.5. The molecule has 12 heteroatoms. The van der Waals surface area contributed by atoms with Gasteiger partial charge in [0.25, 0.3) is 5.91 Å². The molecule has 0 N–H and O–H groups in total. The minimum absolute atomic E-state index is 0.00696. The number of nitriles is 1. The number of Topliss-reactive ketones (excluding diaryl/α,β-unsaturated/α-hetero) is 1. The molecule has 2 heterocycles. The van der Waals surface area contributed by atoms with Crippen molar-refractivity contribution in [3.8, 4) is 6.07 Å². The van der Waals surface area contributed by atoms with E-state index >= 15 is 0 Å². The monoisotopic (exact) mass is 623 g/mol. The van der Waals surface area contributed by atoms with Gasteiger partial charge in [-0.1, -0.05) is 35.9 Å². The number of nitrogens with zero attached hydrogens (tertiary/aromatic N) is 5. The maximum atomic E-state index is 14.6. The summed E-state index contributed by atoms with van der Waals surface area (Å²) in [5, 5.41) is 9.52. The summed E-state index contributed by atoms with van der Waals surface area (Å²) < 4.78 is 42.1. The van der Waals surface area contributed by atoms with Crippen LogP contribution in [0.2, 0.25) is 5.02 Å². The number of anilines is 2. The summed E-state index contributed by atoms with van der Waals surface area (Å²) in [7, 11) is 0. The van der Waals surface area contributed by atoms with Crippen LogP contribution in [0.4, 0.5) is 24.8 Å². The Morgan fingerprint density at radius 3 is 2.57 bits per heavy atom. The standard InChI is InChI=1S/C32H29ClF3N5O3/c33-25-7-2-1-6-24(25)29(27(42)10-8-20-12-15-32(35,36)16-13-20)40(23-5-3-4-21(34)18-23)30(44)26-9-11-28(43)41(26)31-38-17-14-22(19-37)39-31/h1-7,14,17-18,20,26,29H,8-13,15-16H2/t26-,29-/m0/s1. The van der Waals surface area contributed by atoms with E-state index in [9.17, 15) is 32.8 Å². The number of aromatic nitrogens is 2. The van der Waals surface area contributed by atoms with Gasteiger partial charge in [0.05, 0.1) is 0 Å². The van der Waals surface area contributed by atoms with Crippen molar-refractivity contribution in [2.24, 2.45) is 5.92 Å². The largest absolute Gasteiger partial charge is 0.297 e. The Bertz CT molecular complexity index is 1600. The van der Waals surface area contributed by atoms with Crippen LogP contribution < -0.4 is 9.80 Å². The summed E-state index contributed by atoms with van der Waals surface area (Å²) >= 11 is 6.59. The van der Waals surface area contributed by atoms with Crippen LogP contribution in [0.25, 0.3) is 0 Å². The van der Waals surface area contributed by atoms with Gasteiger partial charge in [-0.05, 0) is 61.9 Å². The number of amides is 2. The molecule has 0 radical (unpaired) electrons. The fourth-order valence-electron chi connectivity index (χ4n) is 5.91. The quantitative estimate of drug-likeness (QED) is 0.266. The van der Waals surface area contributed by atoms with Crippen LogP contribution >= 0.6 is 11.6 Å². The molecule has 1 saturated carbocycles. The normalized spacial score (nSPS) is 18.9. The second kappa shape index (κ2) is 13.1. The van der Waals surface area contributed by atoms with Crippen LogP contribution in [0.5, 0.6) is 0 Å². The first-order valence-corrected chi connectivity index (χ1v) is 14.7. The van der Waals surface area contributed by atoms with Gasteiger partial charge in [-0.25, -0.2) is 23.1 Å². The van der Waals surface area contributed by atoms with E-state index in [1.807, 2.05) is 6.07 Å². The van der Waals surface area contributed by atoms with Gasteiger partial charge in [0.1, 0.15) is 29.7 Å². The van der Waals surface area contributed by atoms with Crippen molar-refractivity contribution in [3.05, 3.63) is 82.9 Å². The first-order valence-electron chi connectivity index (χ1n) is 14.4. The number of hydrogen-bond donors (Lipinski definition) is 0. The number of ketones is 1. The summed E-state index contributed by atoms with van der Waals surface area (Å²) in [6, 6.07) is 12.5. The van der Waals surface area contributed by atoms with Gasteiger partial charge < -0.3 is 0 Å². The molecule has 2 atom stereocenters. The van der Waals surface area contributed by atoms with Gasteiger partial charge in [-0.3, -0.25) is 24.2 Å². The third-order valence-corrected chi connectivity index (χ3v) is 8.54. The SMILES string of the molecule is N#Cc1ccnc(N2C(=O)CC[C@H]2C(=O)N(c2cccc(F)c2)[C@H](C(=O)CCC2CCC(F)(F)CC2)c2ccccc2Cl)n1. The van der Waals surface area contributed by atoms with E-state index < -0.39 is 41.4 Å². The highest BCUT2D eigenvalue weighted by Crippen LogP contribution is 2.40. The molecule has 1 aliphatic carbocycles. The van der Waals surface area contributed by atoms with Gasteiger partial charge in [0.15, 0.2) is 5.78 Å². The minimum atomic E-state index is -2.71. The maximum Gasteiger partial charge on any atom is 0.251 e. The molecule has 1 aliphatic heterocycles.